The third kappa shape index (κ3) is 4.65. The lowest BCUT2D eigenvalue weighted by Gasteiger charge is -2.09. The van der Waals surface area contributed by atoms with Gasteiger partial charge in [0.25, 0.3) is 15.9 Å². The second-order valence-corrected chi connectivity index (χ2v) is 10.3. The molecule has 0 aliphatic rings. The second kappa shape index (κ2) is 8.35. The molecule has 1 heterocycles. The Kier molecular flexibility index (Phi) is 5.79. The molecule has 4 rings (SSSR count). The fourth-order valence-electron chi connectivity index (χ4n) is 2.64. The van der Waals surface area contributed by atoms with Gasteiger partial charge < -0.3 is 0 Å². The number of nitrogens with zero attached hydrogens (tertiary/aromatic N) is 1. The van der Waals surface area contributed by atoms with E-state index < -0.39 is 10.0 Å². The van der Waals surface area contributed by atoms with Gasteiger partial charge in [0.2, 0.25) is 0 Å². The molecule has 2 N–H and O–H groups in total. The number of hydrogen-bond acceptors (Lipinski definition) is 5. The van der Waals surface area contributed by atoms with E-state index >= 15 is 0 Å². The van der Waals surface area contributed by atoms with E-state index in [2.05, 4.69) is 31.0 Å². The van der Waals surface area contributed by atoms with Crippen LogP contribution in [-0.2, 0) is 10.0 Å². The minimum Gasteiger partial charge on any atom is -0.298 e. The van der Waals surface area contributed by atoms with Gasteiger partial charge in [0, 0.05) is 20.7 Å². The maximum atomic E-state index is 12.5. The molecule has 3 aromatic carbocycles. The molecule has 0 radical (unpaired) electrons. The SMILES string of the molecule is O=C(Nc1nc2ccc(Br)cc2s1)c1ccc(NS(=O)(=O)c2ccc(Cl)cc2)cc1. The fourth-order valence-corrected chi connectivity index (χ4v) is 5.24. The molecule has 0 aliphatic carbocycles. The second-order valence-electron chi connectivity index (χ2n) is 6.22. The molecule has 0 spiro atoms. The van der Waals surface area contributed by atoms with E-state index in [4.69, 9.17) is 11.6 Å². The van der Waals surface area contributed by atoms with E-state index in [0.717, 1.165) is 14.7 Å². The van der Waals surface area contributed by atoms with Crippen molar-refractivity contribution in [3.63, 3.8) is 0 Å². The van der Waals surface area contributed by atoms with Crippen molar-refractivity contribution in [1.82, 2.24) is 4.98 Å². The standard InChI is InChI=1S/C20H13BrClN3O3S2/c21-13-3-10-17-18(11-13)29-20(23-17)24-19(26)12-1-6-15(7-2-12)25-30(27,28)16-8-4-14(22)5-9-16/h1-11,25H,(H,23,24,26). The topological polar surface area (TPSA) is 88.2 Å². The van der Waals surface area contributed by atoms with Crippen LogP contribution in [0.2, 0.25) is 5.02 Å². The lowest BCUT2D eigenvalue weighted by molar-refractivity contribution is 0.102. The minimum atomic E-state index is -3.75. The van der Waals surface area contributed by atoms with Crippen molar-refractivity contribution < 1.29 is 13.2 Å². The van der Waals surface area contributed by atoms with Gasteiger partial charge in [-0.3, -0.25) is 14.8 Å². The van der Waals surface area contributed by atoms with Gasteiger partial charge in [-0.25, -0.2) is 13.4 Å². The van der Waals surface area contributed by atoms with Crippen LogP contribution in [0, 0.1) is 0 Å². The third-order valence-corrected chi connectivity index (χ3v) is 7.17. The largest absolute Gasteiger partial charge is 0.298 e. The number of carbonyl (C=O) groups excluding carboxylic acids is 1. The monoisotopic (exact) mass is 521 g/mol. The molecule has 1 aromatic heterocycles. The first kappa shape index (κ1) is 20.8. The predicted molar refractivity (Wildman–Crippen MR) is 124 cm³/mol. The summed E-state index contributed by atoms with van der Waals surface area (Å²) in [5.41, 5.74) is 1.52. The molecule has 0 bridgehead atoms. The number of thiazole rings is 1. The molecule has 0 unspecified atom stereocenters. The van der Waals surface area contributed by atoms with E-state index in [1.807, 2.05) is 18.2 Å². The van der Waals surface area contributed by atoms with E-state index in [9.17, 15) is 13.2 Å². The quantitative estimate of drug-likeness (QED) is 0.348. The number of fused-ring (bicyclic) bond motifs is 1. The van der Waals surface area contributed by atoms with Crippen LogP contribution in [0.15, 0.2) is 76.1 Å². The first-order chi connectivity index (χ1) is 14.3. The van der Waals surface area contributed by atoms with Crippen molar-refractivity contribution in [3.8, 4) is 0 Å². The van der Waals surface area contributed by atoms with Crippen LogP contribution in [0.25, 0.3) is 10.2 Å². The summed E-state index contributed by atoms with van der Waals surface area (Å²) < 4.78 is 29.2. The van der Waals surface area contributed by atoms with Gasteiger partial charge in [0.15, 0.2) is 5.13 Å². The number of hydrogen-bond donors (Lipinski definition) is 2. The average Bonchev–Trinajstić information content (AvgIpc) is 3.09. The maximum Gasteiger partial charge on any atom is 0.261 e. The zero-order chi connectivity index (χ0) is 21.3. The van der Waals surface area contributed by atoms with Crippen LogP contribution in [0.5, 0.6) is 0 Å². The molecular formula is C20H13BrClN3O3S2. The summed E-state index contributed by atoms with van der Waals surface area (Å²) in [5, 5.41) is 3.70. The highest BCUT2D eigenvalue weighted by atomic mass is 79.9. The van der Waals surface area contributed by atoms with Crippen LogP contribution in [-0.4, -0.2) is 19.3 Å². The number of sulfonamides is 1. The lowest BCUT2D eigenvalue weighted by atomic mass is 10.2. The highest BCUT2D eigenvalue weighted by molar-refractivity contribution is 9.10. The zero-order valence-electron chi connectivity index (χ0n) is 15.1. The molecule has 6 nitrogen and oxygen atoms in total. The summed E-state index contributed by atoms with van der Waals surface area (Å²) in [6.45, 7) is 0. The fraction of sp³-hybridized carbons (Fsp3) is 0. The lowest BCUT2D eigenvalue weighted by Crippen LogP contribution is -2.14. The number of carbonyl (C=O) groups is 1. The van der Waals surface area contributed by atoms with Gasteiger partial charge in [0.05, 0.1) is 15.1 Å². The summed E-state index contributed by atoms with van der Waals surface area (Å²) in [6, 6.07) is 17.7. The average molecular weight is 523 g/mol. The molecule has 0 saturated carbocycles. The summed E-state index contributed by atoms with van der Waals surface area (Å²) in [6.07, 6.45) is 0. The van der Waals surface area contributed by atoms with Gasteiger partial charge in [-0.1, -0.05) is 38.9 Å². The van der Waals surface area contributed by atoms with E-state index in [-0.39, 0.29) is 10.8 Å². The minimum absolute atomic E-state index is 0.0937. The zero-order valence-corrected chi connectivity index (χ0v) is 19.1. The van der Waals surface area contributed by atoms with E-state index in [1.54, 1.807) is 12.1 Å². The number of anilines is 2. The molecule has 0 fully saturated rings. The van der Waals surface area contributed by atoms with Crippen LogP contribution in [0.4, 0.5) is 10.8 Å². The molecule has 30 heavy (non-hydrogen) atoms. The van der Waals surface area contributed by atoms with Gasteiger partial charge in [-0.15, -0.1) is 0 Å². The summed E-state index contributed by atoms with van der Waals surface area (Å²) >= 11 is 10.6. The molecule has 0 atom stereocenters. The summed E-state index contributed by atoms with van der Waals surface area (Å²) in [4.78, 5) is 17.0. The molecular weight excluding hydrogens is 510 g/mol. The van der Waals surface area contributed by atoms with Crippen LogP contribution in [0.3, 0.4) is 0 Å². The summed E-state index contributed by atoms with van der Waals surface area (Å²) in [5.74, 6) is -0.333. The van der Waals surface area contributed by atoms with Crippen molar-refractivity contribution in [2.75, 3.05) is 10.0 Å². The molecule has 152 valence electrons. The Balaban J connectivity index is 1.47. The van der Waals surface area contributed by atoms with Crippen molar-refractivity contribution in [2.24, 2.45) is 0 Å². The van der Waals surface area contributed by atoms with Crippen molar-refractivity contribution >= 4 is 75.8 Å². The van der Waals surface area contributed by atoms with Crippen molar-refractivity contribution in [2.45, 2.75) is 4.90 Å². The van der Waals surface area contributed by atoms with Gasteiger partial charge in [-0.2, -0.15) is 0 Å². The van der Waals surface area contributed by atoms with E-state index in [1.165, 1.54) is 47.7 Å². The third-order valence-electron chi connectivity index (χ3n) is 4.09. The Hall–Kier alpha value is -2.46. The number of benzene rings is 3. The Labute approximate surface area is 190 Å². The number of halogens is 2. The molecule has 0 saturated heterocycles. The number of amides is 1. The Morgan fingerprint density at radius 3 is 2.40 bits per heavy atom. The molecule has 10 heteroatoms. The smallest absolute Gasteiger partial charge is 0.261 e. The first-order valence-corrected chi connectivity index (χ1v) is 12.0. The number of rotatable bonds is 5. The number of nitrogens with one attached hydrogen (secondary N) is 2. The van der Waals surface area contributed by atoms with Crippen LogP contribution < -0.4 is 10.0 Å². The Morgan fingerprint density at radius 1 is 1.00 bits per heavy atom. The highest BCUT2D eigenvalue weighted by Gasteiger charge is 2.15. The van der Waals surface area contributed by atoms with Crippen molar-refractivity contribution in [3.05, 3.63) is 81.8 Å². The Morgan fingerprint density at radius 2 is 1.70 bits per heavy atom. The van der Waals surface area contributed by atoms with Crippen LogP contribution >= 0.6 is 38.9 Å². The first-order valence-electron chi connectivity index (χ1n) is 8.56. The maximum absolute atomic E-state index is 12.5. The number of aromatic nitrogens is 1. The van der Waals surface area contributed by atoms with Crippen LogP contribution in [0.1, 0.15) is 10.4 Å². The molecule has 0 aliphatic heterocycles. The van der Waals surface area contributed by atoms with Crippen molar-refractivity contribution in [1.29, 1.82) is 0 Å². The highest BCUT2D eigenvalue weighted by Crippen LogP contribution is 2.29. The molecule has 4 aromatic rings. The molecule has 1 amide bonds. The predicted octanol–water partition coefficient (Wildman–Crippen LogP) is 5.77. The normalized spacial score (nSPS) is 11.4. The van der Waals surface area contributed by atoms with Gasteiger partial charge in [-0.05, 0) is 66.7 Å². The Bertz CT molecular complexity index is 1340. The van der Waals surface area contributed by atoms with E-state index in [0.29, 0.717) is 21.4 Å². The van der Waals surface area contributed by atoms with Gasteiger partial charge in [0.1, 0.15) is 0 Å². The van der Waals surface area contributed by atoms with Gasteiger partial charge >= 0.3 is 0 Å². The summed E-state index contributed by atoms with van der Waals surface area (Å²) in [7, 11) is -3.75.